The van der Waals surface area contributed by atoms with Crippen molar-refractivity contribution in [3.8, 4) is 47.4 Å². The quantitative estimate of drug-likeness (QED) is 0.0285. The zero-order valence-corrected chi connectivity index (χ0v) is 35.8. The minimum atomic E-state index is -4.34. The molecule has 55 heavy (non-hydrogen) atoms. The lowest BCUT2D eigenvalue weighted by Gasteiger charge is -2.22. The van der Waals surface area contributed by atoms with Gasteiger partial charge in [-0.2, -0.15) is 25.3 Å². The van der Waals surface area contributed by atoms with Gasteiger partial charge < -0.3 is 33.3 Å². The van der Waals surface area contributed by atoms with Crippen LogP contribution in [0.5, 0.6) is 0 Å². The first kappa shape index (κ1) is 54.2. The van der Waals surface area contributed by atoms with Crippen LogP contribution in [0.1, 0.15) is 86.5 Å². The first-order valence-corrected chi connectivity index (χ1v) is 21.8. The van der Waals surface area contributed by atoms with Gasteiger partial charge in [0.05, 0.1) is 37.5 Å². The third-order valence-corrected chi connectivity index (χ3v) is 8.64. The van der Waals surface area contributed by atoms with Crippen molar-refractivity contribution in [2.75, 3.05) is 50.7 Å². The van der Waals surface area contributed by atoms with Crippen molar-refractivity contribution in [2.45, 2.75) is 98.7 Å². The Morgan fingerprint density at radius 1 is 0.655 bits per heavy atom. The van der Waals surface area contributed by atoms with Crippen molar-refractivity contribution in [2.24, 2.45) is 5.41 Å². The summed E-state index contributed by atoms with van der Waals surface area (Å²) in [6.45, 7) is 9.96. The van der Waals surface area contributed by atoms with Crippen LogP contribution in [-0.4, -0.2) is 96.6 Å². The van der Waals surface area contributed by atoms with Gasteiger partial charge in [0.1, 0.15) is 26.1 Å². The molecule has 4 unspecified atom stereocenters. The largest absolute Gasteiger partial charge is 0.472 e. The summed E-state index contributed by atoms with van der Waals surface area (Å²) < 4.78 is 58.5. The second-order valence-electron chi connectivity index (χ2n) is 12.1. The van der Waals surface area contributed by atoms with E-state index in [1.54, 1.807) is 0 Å². The fourth-order valence-corrected chi connectivity index (χ4v) is 5.45. The third kappa shape index (κ3) is 36.5. The van der Waals surface area contributed by atoms with Crippen LogP contribution in [-0.2, 0) is 60.8 Å². The highest BCUT2D eigenvalue weighted by Gasteiger charge is 2.27. The molecule has 0 radical (unpaired) electrons. The Bertz CT molecular complexity index is 1530. The van der Waals surface area contributed by atoms with Crippen molar-refractivity contribution in [1.29, 1.82) is 0 Å². The standard InChI is InChI=1S/C23H29O8P.C13H25O7PS2/c1-4-7-10-12-14-16-22(24)28-19-21(20-30-32(26,27)29-18-9-6-3)31-23(25)17-15-13-11-8-5-2;1-13(2,3)4-5-21(16,17)19-7-10(20-12(15)9-23)6-18-11(14)8-22/h21H,4-6,9,16-20H2,1-3H3,(H,26,27);10,22-23H,4-9H2,1-3H3,(H,16,17). The SMILES string of the molecule is CC(C)(C)CCP(=O)(O)OCC(COC(=O)CS)OC(=O)CS.CCC#CC#CCC(=O)OCC(COP(=O)(O)OCCCC)OC(=O)CC#CC#CCC. The van der Waals surface area contributed by atoms with Crippen LogP contribution in [0.3, 0.4) is 0 Å². The zero-order chi connectivity index (χ0) is 42.2. The van der Waals surface area contributed by atoms with Crippen molar-refractivity contribution < 1.29 is 70.6 Å². The Balaban J connectivity index is 0. The molecule has 0 spiro atoms. The average molecular weight is 853 g/mol. The van der Waals surface area contributed by atoms with Gasteiger partial charge in [0.2, 0.25) is 0 Å². The van der Waals surface area contributed by atoms with Crippen LogP contribution < -0.4 is 0 Å². The summed E-state index contributed by atoms with van der Waals surface area (Å²) in [6.07, 6.45) is 0.538. The Morgan fingerprint density at radius 3 is 1.62 bits per heavy atom. The summed E-state index contributed by atoms with van der Waals surface area (Å²) in [7, 11) is -8.16. The molecule has 0 amide bonds. The molecule has 0 aliphatic heterocycles. The first-order valence-electron chi connectivity index (χ1n) is 17.2. The first-order chi connectivity index (χ1) is 25.8. The summed E-state index contributed by atoms with van der Waals surface area (Å²) >= 11 is 7.52. The van der Waals surface area contributed by atoms with E-state index in [0.717, 1.165) is 6.42 Å². The molecular formula is C36H54O15P2S2. The monoisotopic (exact) mass is 852 g/mol. The molecule has 0 bridgehead atoms. The number of carbonyl (C=O) groups excluding carboxylic acids is 4. The van der Waals surface area contributed by atoms with Crippen molar-refractivity contribution in [3.05, 3.63) is 0 Å². The van der Waals surface area contributed by atoms with Gasteiger partial charge in [0, 0.05) is 12.8 Å². The van der Waals surface area contributed by atoms with Gasteiger partial charge in [-0.3, -0.25) is 32.8 Å². The lowest BCUT2D eigenvalue weighted by Crippen LogP contribution is -2.30. The Kier molecular flexibility index (Phi) is 31.7. The van der Waals surface area contributed by atoms with Gasteiger partial charge in [-0.25, -0.2) is 4.57 Å². The van der Waals surface area contributed by atoms with Gasteiger partial charge in [0.15, 0.2) is 12.2 Å². The fraction of sp³-hybridized carbons (Fsp3) is 0.667. The second-order valence-corrected chi connectivity index (χ2v) is 16.2. The number of ether oxygens (including phenoxy) is 4. The molecule has 0 heterocycles. The fourth-order valence-electron chi connectivity index (χ4n) is 3.02. The van der Waals surface area contributed by atoms with Gasteiger partial charge in [-0.05, 0) is 41.9 Å². The molecule has 19 heteroatoms. The van der Waals surface area contributed by atoms with E-state index < -0.39 is 64.7 Å². The van der Waals surface area contributed by atoms with Crippen LogP contribution >= 0.6 is 40.7 Å². The van der Waals surface area contributed by atoms with Crippen molar-refractivity contribution in [3.63, 3.8) is 0 Å². The maximum Gasteiger partial charge on any atom is 0.472 e. The number of hydrogen-bond donors (Lipinski definition) is 4. The molecule has 0 aromatic rings. The van der Waals surface area contributed by atoms with Crippen LogP contribution in [0.15, 0.2) is 0 Å². The number of phosphoric ester groups is 1. The minimum Gasteiger partial charge on any atom is -0.461 e. The maximum absolute atomic E-state index is 12.0. The third-order valence-electron chi connectivity index (χ3n) is 5.79. The minimum absolute atomic E-state index is 0.0137. The number of hydrogen-bond acceptors (Lipinski definition) is 15. The van der Waals surface area contributed by atoms with E-state index in [4.69, 9.17) is 32.5 Å². The van der Waals surface area contributed by atoms with E-state index in [9.17, 15) is 38.1 Å². The van der Waals surface area contributed by atoms with Crippen LogP contribution in [0, 0.1) is 52.8 Å². The van der Waals surface area contributed by atoms with Crippen molar-refractivity contribution in [1.82, 2.24) is 0 Å². The normalized spacial score (nSPS) is 13.5. The highest BCUT2D eigenvalue weighted by atomic mass is 32.1. The molecule has 15 nitrogen and oxygen atoms in total. The molecule has 4 atom stereocenters. The van der Waals surface area contributed by atoms with Gasteiger partial charge in [-0.15, -0.1) is 0 Å². The van der Waals surface area contributed by atoms with Gasteiger partial charge >= 0.3 is 39.3 Å². The molecule has 0 aliphatic carbocycles. The molecule has 0 aromatic carbocycles. The summed E-state index contributed by atoms with van der Waals surface area (Å²) in [5.41, 5.74) is -0.109. The number of phosphoric acid groups is 1. The predicted molar refractivity (Wildman–Crippen MR) is 212 cm³/mol. The molecule has 0 aromatic heterocycles. The molecule has 0 aliphatic rings. The predicted octanol–water partition coefficient (Wildman–Crippen LogP) is 4.93. The Morgan fingerprint density at radius 2 is 1.13 bits per heavy atom. The maximum atomic E-state index is 12.0. The lowest BCUT2D eigenvalue weighted by atomic mass is 9.94. The number of thiol groups is 2. The van der Waals surface area contributed by atoms with Crippen LogP contribution in [0.25, 0.3) is 0 Å². The highest BCUT2D eigenvalue weighted by molar-refractivity contribution is 7.81. The second kappa shape index (κ2) is 32.2. The summed E-state index contributed by atoms with van der Waals surface area (Å²) in [5.74, 6) is 17.8. The molecular weight excluding hydrogens is 798 g/mol. The topological polar surface area (TPSA) is 207 Å². The van der Waals surface area contributed by atoms with E-state index in [1.165, 1.54) is 0 Å². The van der Waals surface area contributed by atoms with E-state index in [-0.39, 0.29) is 55.7 Å². The average Bonchev–Trinajstić information content (AvgIpc) is 3.12. The van der Waals surface area contributed by atoms with E-state index >= 15 is 0 Å². The van der Waals surface area contributed by atoms with E-state index in [2.05, 4.69) is 72.6 Å². The lowest BCUT2D eigenvalue weighted by molar-refractivity contribution is -0.159. The van der Waals surface area contributed by atoms with Crippen LogP contribution in [0.2, 0.25) is 0 Å². The Labute approximate surface area is 336 Å². The van der Waals surface area contributed by atoms with E-state index in [0.29, 0.717) is 25.7 Å². The molecule has 2 N–H and O–H groups in total. The molecule has 0 saturated heterocycles. The van der Waals surface area contributed by atoms with Crippen molar-refractivity contribution >= 4 is 64.6 Å². The summed E-state index contributed by atoms with van der Waals surface area (Å²) in [6, 6.07) is 0. The molecule has 0 rings (SSSR count). The molecule has 310 valence electrons. The zero-order valence-electron chi connectivity index (χ0n) is 32.3. The highest BCUT2D eigenvalue weighted by Crippen LogP contribution is 2.45. The number of esters is 4. The van der Waals surface area contributed by atoms with Crippen LogP contribution in [0.4, 0.5) is 0 Å². The van der Waals surface area contributed by atoms with Gasteiger partial charge in [0.25, 0.3) is 0 Å². The number of carbonyl (C=O) groups is 4. The van der Waals surface area contributed by atoms with E-state index in [1.807, 2.05) is 41.5 Å². The summed E-state index contributed by atoms with van der Waals surface area (Å²) in [4.78, 5) is 65.6. The number of unbranched alkanes of at least 4 members (excludes halogenated alkanes) is 1. The smallest absolute Gasteiger partial charge is 0.461 e. The van der Waals surface area contributed by atoms with Gasteiger partial charge in [-0.1, -0.05) is 71.6 Å². The molecule has 0 saturated carbocycles. The Hall–Kier alpha value is -2.92. The summed E-state index contributed by atoms with van der Waals surface area (Å²) in [5, 5.41) is 0. The number of rotatable bonds is 22. The molecule has 0 fully saturated rings.